The Kier molecular flexibility index (Phi) is 3.53. The maximum Gasteiger partial charge on any atom is 0.187 e. The van der Waals surface area contributed by atoms with Crippen LogP contribution in [0.15, 0.2) is 4.99 Å². The summed E-state index contributed by atoms with van der Waals surface area (Å²) in [6, 6.07) is -0.365. The average molecular weight is 269 g/mol. The van der Waals surface area contributed by atoms with E-state index in [-0.39, 0.29) is 24.7 Å². The molecule has 6 atom stereocenters. The van der Waals surface area contributed by atoms with E-state index in [0.29, 0.717) is 18.3 Å². The molecular weight excluding hydrogens is 246 g/mol. The van der Waals surface area contributed by atoms with Gasteiger partial charge in [-0.1, -0.05) is 13.3 Å². The summed E-state index contributed by atoms with van der Waals surface area (Å²) in [7, 11) is 0. The third kappa shape index (κ3) is 2.18. The minimum atomic E-state index is -0.929. The number of aliphatic hydroxyl groups excluding tert-OH is 3. The van der Waals surface area contributed by atoms with E-state index in [4.69, 9.17) is 4.74 Å². The minimum absolute atomic E-state index is 0.127. The molecular formula is C14H23NO4. The van der Waals surface area contributed by atoms with Crippen molar-refractivity contribution >= 4 is 5.90 Å². The zero-order chi connectivity index (χ0) is 13.6. The van der Waals surface area contributed by atoms with Crippen LogP contribution in [0.4, 0.5) is 0 Å². The summed E-state index contributed by atoms with van der Waals surface area (Å²) in [5.41, 5.74) is 0. The molecule has 0 aromatic carbocycles. The summed E-state index contributed by atoms with van der Waals surface area (Å²) in [5.74, 6) is 1.38. The van der Waals surface area contributed by atoms with Gasteiger partial charge in [0.2, 0.25) is 0 Å². The molecule has 108 valence electrons. The second-order valence-corrected chi connectivity index (χ2v) is 6.25. The number of aliphatic imine (C=N–C) groups is 1. The van der Waals surface area contributed by atoms with Gasteiger partial charge in [-0.15, -0.1) is 0 Å². The number of hydrogen-bond acceptors (Lipinski definition) is 5. The van der Waals surface area contributed by atoms with Crippen LogP contribution in [0.25, 0.3) is 0 Å². The van der Waals surface area contributed by atoms with Crippen molar-refractivity contribution in [2.45, 2.75) is 57.0 Å². The fraction of sp³-hybridized carbons (Fsp3) is 0.929. The molecule has 3 N–H and O–H groups in total. The highest BCUT2D eigenvalue weighted by Gasteiger charge is 2.48. The van der Waals surface area contributed by atoms with Crippen molar-refractivity contribution < 1.29 is 20.1 Å². The lowest BCUT2D eigenvalue weighted by Gasteiger charge is -2.37. The molecule has 0 aromatic rings. The zero-order valence-corrected chi connectivity index (χ0v) is 11.3. The van der Waals surface area contributed by atoms with Gasteiger partial charge in [0, 0.05) is 18.4 Å². The SMILES string of the molecule is CC(C1=NC2C(CC(CO)C(O)C2O)O1)C1CCC1. The molecule has 5 heteroatoms. The average Bonchev–Trinajstić information content (AvgIpc) is 2.75. The Morgan fingerprint density at radius 2 is 2.05 bits per heavy atom. The van der Waals surface area contributed by atoms with Gasteiger partial charge < -0.3 is 20.1 Å². The summed E-state index contributed by atoms with van der Waals surface area (Å²) in [6.45, 7) is 2.00. The Morgan fingerprint density at radius 1 is 1.32 bits per heavy atom. The van der Waals surface area contributed by atoms with Gasteiger partial charge in [0.05, 0.1) is 6.10 Å². The van der Waals surface area contributed by atoms with Crippen molar-refractivity contribution in [2.24, 2.45) is 22.7 Å². The summed E-state index contributed by atoms with van der Waals surface area (Å²) in [6.07, 6.45) is 2.27. The lowest BCUT2D eigenvalue weighted by molar-refractivity contribution is -0.0951. The van der Waals surface area contributed by atoms with Crippen molar-refractivity contribution in [3.8, 4) is 0 Å². The van der Waals surface area contributed by atoms with E-state index in [0.717, 1.165) is 5.90 Å². The molecule has 0 saturated heterocycles. The highest BCUT2D eigenvalue weighted by atomic mass is 16.5. The van der Waals surface area contributed by atoms with Crippen LogP contribution < -0.4 is 0 Å². The van der Waals surface area contributed by atoms with Gasteiger partial charge in [0.1, 0.15) is 18.2 Å². The molecule has 3 rings (SSSR count). The first-order valence-electron chi connectivity index (χ1n) is 7.33. The van der Waals surface area contributed by atoms with Crippen molar-refractivity contribution in [3.63, 3.8) is 0 Å². The van der Waals surface area contributed by atoms with Crippen LogP contribution in [0.3, 0.4) is 0 Å². The van der Waals surface area contributed by atoms with Crippen molar-refractivity contribution in [3.05, 3.63) is 0 Å². The van der Waals surface area contributed by atoms with Crippen LogP contribution in [0.5, 0.6) is 0 Å². The van der Waals surface area contributed by atoms with Gasteiger partial charge in [-0.2, -0.15) is 0 Å². The second kappa shape index (κ2) is 5.04. The molecule has 6 unspecified atom stereocenters. The van der Waals surface area contributed by atoms with E-state index in [1.165, 1.54) is 19.3 Å². The van der Waals surface area contributed by atoms with Crippen LogP contribution in [0.2, 0.25) is 0 Å². The van der Waals surface area contributed by atoms with Crippen LogP contribution in [-0.4, -0.2) is 52.2 Å². The van der Waals surface area contributed by atoms with E-state index < -0.39 is 12.2 Å². The van der Waals surface area contributed by atoms with E-state index >= 15 is 0 Å². The quantitative estimate of drug-likeness (QED) is 0.689. The molecule has 0 amide bonds. The first kappa shape index (κ1) is 13.3. The van der Waals surface area contributed by atoms with Crippen LogP contribution >= 0.6 is 0 Å². The fourth-order valence-electron chi connectivity index (χ4n) is 3.44. The number of nitrogens with zero attached hydrogens (tertiary/aromatic N) is 1. The lowest BCUT2D eigenvalue weighted by atomic mass is 9.76. The molecule has 5 nitrogen and oxygen atoms in total. The zero-order valence-electron chi connectivity index (χ0n) is 11.3. The monoisotopic (exact) mass is 269 g/mol. The van der Waals surface area contributed by atoms with Crippen molar-refractivity contribution in [1.82, 2.24) is 0 Å². The van der Waals surface area contributed by atoms with E-state index in [2.05, 4.69) is 11.9 Å². The molecule has 0 radical (unpaired) electrons. The standard InChI is InChI=1S/C14H23NO4/c1-7(8-3-2-4-8)14-15-11-10(19-14)5-9(6-16)12(17)13(11)18/h7-13,16-18H,2-6H2,1H3. The van der Waals surface area contributed by atoms with E-state index in [1.54, 1.807) is 0 Å². The van der Waals surface area contributed by atoms with Crippen LogP contribution in [0, 0.1) is 17.8 Å². The van der Waals surface area contributed by atoms with Gasteiger partial charge in [-0.25, -0.2) is 4.99 Å². The Balaban J connectivity index is 1.72. The van der Waals surface area contributed by atoms with Gasteiger partial charge >= 0.3 is 0 Å². The fourth-order valence-corrected chi connectivity index (χ4v) is 3.44. The van der Waals surface area contributed by atoms with Gasteiger partial charge in [0.15, 0.2) is 5.90 Å². The largest absolute Gasteiger partial charge is 0.475 e. The number of rotatable bonds is 3. The lowest BCUT2D eigenvalue weighted by Crippen LogP contribution is -2.52. The molecule has 2 aliphatic carbocycles. The Labute approximate surface area is 113 Å². The summed E-state index contributed by atoms with van der Waals surface area (Å²) >= 11 is 0. The summed E-state index contributed by atoms with van der Waals surface area (Å²) in [5, 5.41) is 29.3. The maximum atomic E-state index is 10.1. The molecule has 2 saturated carbocycles. The molecule has 1 aliphatic heterocycles. The molecule has 3 aliphatic rings. The highest BCUT2D eigenvalue weighted by molar-refractivity contribution is 5.81. The molecule has 2 fully saturated rings. The number of fused-ring (bicyclic) bond motifs is 1. The van der Waals surface area contributed by atoms with Gasteiger partial charge in [-0.05, 0) is 25.2 Å². The smallest absolute Gasteiger partial charge is 0.187 e. The second-order valence-electron chi connectivity index (χ2n) is 6.25. The van der Waals surface area contributed by atoms with E-state index in [1.807, 2.05) is 0 Å². The van der Waals surface area contributed by atoms with Crippen LogP contribution in [-0.2, 0) is 4.74 Å². The topological polar surface area (TPSA) is 82.3 Å². The summed E-state index contributed by atoms with van der Waals surface area (Å²) in [4.78, 5) is 4.52. The van der Waals surface area contributed by atoms with Crippen LogP contribution in [0.1, 0.15) is 32.6 Å². The first-order chi connectivity index (χ1) is 9.11. The van der Waals surface area contributed by atoms with Gasteiger partial charge in [-0.3, -0.25) is 0 Å². The Morgan fingerprint density at radius 3 is 2.63 bits per heavy atom. The number of hydrogen-bond donors (Lipinski definition) is 3. The Bertz CT molecular complexity index is 368. The van der Waals surface area contributed by atoms with Crippen molar-refractivity contribution in [2.75, 3.05) is 6.61 Å². The van der Waals surface area contributed by atoms with Gasteiger partial charge in [0.25, 0.3) is 0 Å². The predicted octanol–water partition coefficient (Wildman–Crippen LogP) is 0.322. The number of aliphatic hydroxyl groups is 3. The normalized spacial score (nSPS) is 44.0. The number of ether oxygens (including phenoxy) is 1. The third-order valence-corrected chi connectivity index (χ3v) is 5.13. The predicted molar refractivity (Wildman–Crippen MR) is 69.8 cm³/mol. The molecule has 0 bridgehead atoms. The molecule has 0 spiro atoms. The maximum absolute atomic E-state index is 10.1. The summed E-state index contributed by atoms with van der Waals surface area (Å²) < 4.78 is 5.90. The third-order valence-electron chi connectivity index (χ3n) is 5.13. The van der Waals surface area contributed by atoms with Crippen molar-refractivity contribution in [1.29, 1.82) is 0 Å². The first-order valence-corrected chi connectivity index (χ1v) is 7.33. The molecule has 1 heterocycles. The minimum Gasteiger partial charge on any atom is -0.475 e. The molecule has 0 aromatic heterocycles. The molecule has 19 heavy (non-hydrogen) atoms. The Hall–Kier alpha value is -0.650. The van der Waals surface area contributed by atoms with E-state index in [9.17, 15) is 15.3 Å². The highest BCUT2D eigenvalue weighted by Crippen LogP contribution is 2.39.